The predicted octanol–water partition coefficient (Wildman–Crippen LogP) is 12.7. The SMILES string of the molecule is c1ccc(-c2nc(-c3ccccc3)nc(-c3ccc(-c4ccc(-n5c6ccccc6c6c5ccc5c7ccccc7n(-c7ccccc7)c56)cc4)cc3)n2)cc1. The van der Waals surface area contributed by atoms with Crippen LogP contribution in [0, 0.1) is 0 Å². The van der Waals surface area contributed by atoms with E-state index in [-0.39, 0.29) is 0 Å². The van der Waals surface area contributed by atoms with Gasteiger partial charge in [0.1, 0.15) is 0 Å². The maximum atomic E-state index is 4.92. The van der Waals surface area contributed by atoms with Gasteiger partial charge in [0, 0.05) is 49.6 Å². The Hall–Kier alpha value is -7.63. The van der Waals surface area contributed by atoms with Gasteiger partial charge in [0.2, 0.25) is 0 Å². The second kappa shape index (κ2) is 13.0. The van der Waals surface area contributed by atoms with E-state index in [0.717, 1.165) is 39.2 Å². The van der Waals surface area contributed by atoms with Crippen LogP contribution in [0.5, 0.6) is 0 Å². The first-order valence-corrected chi connectivity index (χ1v) is 18.9. The summed E-state index contributed by atoms with van der Waals surface area (Å²) in [6, 6.07) is 70.4. The van der Waals surface area contributed by atoms with E-state index in [4.69, 9.17) is 15.0 Å². The standard InChI is InChI=1S/C51H33N5/c1-4-14-36(15-5-1)49-52-50(37-16-6-2-7-17-37)54-51(53-49)38-26-24-34(25-27-38)35-28-30-40(31-29-35)55-45-23-13-11-21-43(45)47-46(55)33-32-42-41-20-10-12-22-44(41)56(48(42)47)39-18-8-3-9-19-39/h1-33H. The molecule has 0 saturated heterocycles. The fraction of sp³-hybridized carbons (Fsp3) is 0. The van der Waals surface area contributed by atoms with Crippen LogP contribution >= 0.6 is 0 Å². The molecule has 8 aromatic carbocycles. The molecule has 0 radical (unpaired) electrons. The van der Waals surface area contributed by atoms with Crippen LogP contribution in [0.25, 0.3) is 100 Å². The van der Waals surface area contributed by atoms with Crippen LogP contribution in [-0.2, 0) is 0 Å². The molecule has 0 N–H and O–H groups in total. The lowest BCUT2D eigenvalue weighted by molar-refractivity contribution is 1.07. The summed E-state index contributed by atoms with van der Waals surface area (Å²) in [4.78, 5) is 14.7. The van der Waals surface area contributed by atoms with Crippen LogP contribution in [0.15, 0.2) is 200 Å². The van der Waals surface area contributed by atoms with E-state index in [1.807, 2.05) is 60.7 Å². The Morgan fingerprint density at radius 2 is 0.696 bits per heavy atom. The highest BCUT2D eigenvalue weighted by Crippen LogP contribution is 2.42. The van der Waals surface area contributed by atoms with E-state index in [2.05, 4.69) is 149 Å². The summed E-state index contributed by atoms with van der Waals surface area (Å²) < 4.78 is 4.83. The molecule has 56 heavy (non-hydrogen) atoms. The van der Waals surface area contributed by atoms with Gasteiger partial charge < -0.3 is 9.13 Å². The van der Waals surface area contributed by atoms with Gasteiger partial charge in [-0.3, -0.25) is 0 Å². The summed E-state index contributed by atoms with van der Waals surface area (Å²) in [5.74, 6) is 1.95. The fourth-order valence-electron chi connectivity index (χ4n) is 8.18. The van der Waals surface area contributed by atoms with Crippen molar-refractivity contribution < 1.29 is 0 Å². The largest absolute Gasteiger partial charge is 0.309 e. The Labute approximate surface area is 323 Å². The van der Waals surface area contributed by atoms with Gasteiger partial charge in [-0.15, -0.1) is 0 Å². The highest BCUT2D eigenvalue weighted by atomic mass is 15.0. The molecule has 3 heterocycles. The fourth-order valence-corrected chi connectivity index (χ4v) is 8.18. The summed E-state index contributed by atoms with van der Waals surface area (Å²) in [6.45, 7) is 0. The van der Waals surface area contributed by atoms with Crippen LogP contribution in [-0.4, -0.2) is 24.1 Å². The summed E-state index contributed by atoms with van der Waals surface area (Å²) in [7, 11) is 0. The molecule has 262 valence electrons. The molecule has 0 spiro atoms. The van der Waals surface area contributed by atoms with Gasteiger partial charge in [0.25, 0.3) is 0 Å². The molecule has 0 amide bonds. The number of aromatic nitrogens is 5. The Morgan fingerprint density at radius 1 is 0.268 bits per heavy atom. The molecule has 0 saturated carbocycles. The molecule has 11 aromatic rings. The Kier molecular flexibility index (Phi) is 7.42. The summed E-state index contributed by atoms with van der Waals surface area (Å²) in [6.07, 6.45) is 0. The normalized spacial score (nSPS) is 11.6. The molecular formula is C51H33N5. The van der Waals surface area contributed by atoms with Crippen molar-refractivity contribution in [2.24, 2.45) is 0 Å². The number of hydrogen-bond acceptors (Lipinski definition) is 3. The Bertz CT molecular complexity index is 3140. The van der Waals surface area contributed by atoms with E-state index in [0.29, 0.717) is 17.5 Å². The maximum absolute atomic E-state index is 4.92. The number of hydrogen-bond donors (Lipinski definition) is 0. The topological polar surface area (TPSA) is 48.5 Å². The third-order valence-corrected chi connectivity index (χ3v) is 10.8. The molecule has 0 aliphatic heterocycles. The van der Waals surface area contributed by atoms with E-state index in [1.54, 1.807) is 0 Å². The Balaban J connectivity index is 0.998. The molecule has 0 unspecified atom stereocenters. The lowest BCUT2D eigenvalue weighted by Crippen LogP contribution is -2.00. The summed E-state index contributed by atoms with van der Waals surface area (Å²) >= 11 is 0. The third kappa shape index (κ3) is 5.21. The Morgan fingerprint density at radius 3 is 1.29 bits per heavy atom. The molecular weight excluding hydrogens is 683 g/mol. The van der Waals surface area contributed by atoms with Crippen LogP contribution in [0.1, 0.15) is 0 Å². The van der Waals surface area contributed by atoms with Crippen molar-refractivity contribution in [1.29, 1.82) is 0 Å². The van der Waals surface area contributed by atoms with Crippen molar-refractivity contribution >= 4 is 43.6 Å². The molecule has 0 atom stereocenters. The number of benzene rings is 8. The average molecular weight is 716 g/mol. The first-order valence-electron chi connectivity index (χ1n) is 18.9. The molecule has 5 heteroatoms. The van der Waals surface area contributed by atoms with Crippen LogP contribution in [0.4, 0.5) is 0 Å². The van der Waals surface area contributed by atoms with Crippen molar-refractivity contribution in [3.63, 3.8) is 0 Å². The number of fused-ring (bicyclic) bond motifs is 7. The molecule has 0 fully saturated rings. The van der Waals surface area contributed by atoms with E-state index >= 15 is 0 Å². The molecule has 0 aliphatic carbocycles. The van der Waals surface area contributed by atoms with Crippen molar-refractivity contribution in [2.45, 2.75) is 0 Å². The van der Waals surface area contributed by atoms with Gasteiger partial charge >= 0.3 is 0 Å². The number of rotatable bonds is 6. The molecule has 11 rings (SSSR count). The van der Waals surface area contributed by atoms with Crippen molar-refractivity contribution in [3.8, 4) is 56.7 Å². The number of para-hydroxylation sites is 3. The van der Waals surface area contributed by atoms with Gasteiger partial charge in [0.05, 0.1) is 22.1 Å². The second-order valence-corrected chi connectivity index (χ2v) is 14.1. The predicted molar refractivity (Wildman–Crippen MR) is 230 cm³/mol. The highest BCUT2D eigenvalue weighted by Gasteiger charge is 2.21. The first-order chi connectivity index (χ1) is 27.8. The van der Waals surface area contributed by atoms with Crippen LogP contribution in [0.3, 0.4) is 0 Å². The summed E-state index contributed by atoms with van der Waals surface area (Å²) in [5.41, 5.74) is 12.2. The number of nitrogens with zero attached hydrogens (tertiary/aromatic N) is 5. The average Bonchev–Trinajstić information content (AvgIpc) is 3.80. The van der Waals surface area contributed by atoms with Crippen molar-refractivity contribution in [2.75, 3.05) is 0 Å². The zero-order valence-electron chi connectivity index (χ0n) is 30.3. The lowest BCUT2D eigenvalue weighted by Gasteiger charge is -2.11. The second-order valence-electron chi connectivity index (χ2n) is 14.1. The van der Waals surface area contributed by atoms with Crippen LogP contribution in [0.2, 0.25) is 0 Å². The highest BCUT2D eigenvalue weighted by molar-refractivity contribution is 6.26. The van der Waals surface area contributed by atoms with Gasteiger partial charge in [-0.05, 0) is 53.6 Å². The lowest BCUT2D eigenvalue weighted by atomic mass is 10.0. The molecule has 5 nitrogen and oxygen atoms in total. The van der Waals surface area contributed by atoms with Gasteiger partial charge in [-0.25, -0.2) is 15.0 Å². The van der Waals surface area contributed by atoms with Gasteiger partial charge in [0.15, 0.2) is 17.5 Å². The smallest absolute Gasteiger partial charge is 0.164 e. The quantitative estimate of drug-likeness (QED) is 0.172. The first kappa shape index (κ1) is 31.9. The summed E-state index contributed by atoms with van der Waals surface area (Å²) in [5, 5.41) is 4.99. The third-order valence-electron chi connectivity index (χ3n) is 10.8. The van der Waals surface area contributed by atoms with Crippen molar-refractivity contribution in [3.05, 3.63) is 200 Å². The van der Waals surface area contributed by atoms with Crippen molar-refractivity contribution in [1.82, 2.24) is 24.1 Å². The zero-order chi connectivity index (χ0) is 37.0. The molecule has 0 aliphatic rings. The van der Waals surface area contributed by atoms with E-state index < -0.39 is 0 Å². The van der Waals surface area contributed by atoms with Crippen LogP contribution < -0.4 is 0 Å². The van der Waals surface area contributed by atoms with Gasteiger partial charge in [-0.1, -0.05) is 158 Å². The minimum atomic E-state index is 0.645. The zero-order valence-corrected chi connectivity index (χ0v) is 30.3. The van der Waals surface area contributed by atoms with E-state index in [1.165, 1.54) is 43.6 Å². The monoisotopic (exact) mass is 715 g/mol. The van der Waals surface area contributed by atoms with Gasteiger partial charge in [-0.2, -0.15) is 0 Å². The molecule has 0 bridgehead atoms. The maximum Gasteiger partial charge on any atom is 0.164 e. The molecule has 3 aromatic heterocycles. The van der Waals surface area contributed by atoms with E-state index in [9.17, 15) is 0 Å². The minimum Gasteiger partial charge on any atom is -0.309 e. The minimum absolute atomic E-state index is 0.645.